The predicted molar refractivity (Wildman–Crippen MR) is 125 cm³/mol. The summed E-state index contributed by atoms with van der Waals surface area (Å²) < 4.78 is 8.71. The Morgan fingerprint density at radius 1 is 1.15 bits per heavy atom. The Morgan fingerprint density at radius 2 is 2.00 bits per heavy atom. The molecule has 0 radical (unpaired) electrons. The molecule has 0 spiro atoms. The van der Waals surface area contributed by atoms with Gasteiger partial charge in [0.05, 0.1) is 33.9 Å². The molecule has 1 aliphatic carbocycles. The van der Waals surface area contributed by atoms with Crippen LogP contribution in [0.5, 0.6) is 0 Å². The number of hydrogen-bond acceptors (Lipinski definition) is 7. The largest absolute Gasteiger partial charge is 0.332 e. The topological polar surface area (TPSA) is 115 Å². The van der Waals surface area contributed by atoms with Crippen LogP contribution in [0, 0.1) is 11.3 Å². The van der Waals surface area contributed by atoms with Crippen molar-refractivity contribution in [3.63, 3.8) is 0 Å². The van der Waals surface area contributed by atoms with E-state index >= 15 is 0 Å². The van der Waals surface area contributed by atoms with Crippen molar-refractivity contribution >= 4 is 28.2 Å². The Bertz CT molecular complexity index is 1640. The van der Waals surface area contributed by atoms with E-state index in [0.717, 1.165) is 25.7 Å². The zero-order valence-electron chi connectivity index (χ0n) is 18.0. The van der Waals surface area contributed by atoms with Crippen molar-refractivity contribution in [1.29, 1.82) is 5.26 Å². The second-order valence-corrected chi connectivity index (χ2v) is 8.77. The van der Waals surface area contributed by atoms with Gasteiger partial charge in [0, 0.05) is 12.1 Å². The summed E-state index contributed by atoms with van der Waals surface area (Å²) >= 11 is 6.34. The number of hydrogen-bond donors (Lipinski definition) is 0. The minimum atomic E-state index is -0.356. The number of nitrogens with zero attached hydrogens (tertiary/aromatic N) is 7. The van der Waals surface area contributed by atoms with E-state index in [2.05, 4.69) is 26.2 Å². The highest BCUT2D eigenvalue weighted by Crippen LogP contribution is 2.34. The second-order valence-electron chi connectivity index (χ2n) is 8.37. The van der Waals surface area contributed by atoms with Crippen LogP contribution in [0.4, 0.5) is 0 Å². The lowest BCUT2D eigenvalue weighted by Gasteiger charge is -2.14. The molecule has 0 N–H and O–H groups in total. The zero-order valence-corrected chi connectivity index (χ0v) is 18.7. The highest BCUT2D eigenvalue weighted by Gasteiger charge is 2.26. The summed E-state index contributed by atoms with van der Waals surface area (Å²) in [5.41, 5.74) is 2.15. The van der Waals surface area contributed by atoms with Crippen molar-refractivity contribution in [2.75, 3.05) is 0 Å². The van der Waals surface area contributed by atoms with E-state index in [-0.39, 0.29) is 40.0 Å². The van der Waals surface area contributed by atoms with E-state index in [1.54, 1.807) is 28.8 Å². The summed E-state index contributed by atoms with van der Waals surface area (Å²) in [7, 11) is 0. The highest BCUT2D eigenvalue weighted by atomic mass is 35.5. The molecule has 1 fully saturated rings. The SMILES string of the molecule is N#Cc1c(Cl)ccc2c1n(Cc1ccccn1)c(=O)c1c(-c3nc(C4CCCC4)no3)ncn12. The minimum absolute atomic E-state index is 0.156. The third kappa shape index (κ3) is 3.18. The van der Waals surface area contributed by atoms with Crippen LogP contribution in [0.3, 0.4) is 0 Å². The van der Waals surface area contributed by atoms with Gasteiger partial charge in [0.2, 0.25) is 0 Å². The molecule has 34 heavy (non-hydrogen) atoms. The van der Waals surface area contributed by atoms with Crippen LogP contribution < -0.4 is 5.56 Å². The van der Waals surface area contributed by atoms with E-state index < -0.39 is 0 Å². The maximum atomic E-state index is 13.9. The quantitative estimate of drug-likeness (QED) is 0.383. The molecule has 1 aromatic carbocycles. The Labute approximate surface area is 198 Å². The molecule has 10 heteroatoms. The molecule has 5 aromatic rings. The van der Waals surface area contributed by atoms with Gasteiger partial charge in [0.25, 0.3) is 11.4 Å². The standard InChI is InChI=1S/C24H18ClN7O2/c25-17-8-9-18-20(16(17)11-26)31(12-15-7-3-4-10-27-15)24(33)21-19(28-13-32(18)21)23-29-22(30-34-23)14-5-1-2-6-14/h3-4,7-10,13-14H,1-2,5-6,12H2. The van der Waals surface area contributed by atoms with Crippen LogP contribution in [0.2, 0.25) is 5.02 Å². The molecule has 0 saturated heterocycles. The fourth-order valence-electron chi connectivity index (χ4n) is 4.74. The van der Waals surface area contributed by atoms with E-state index in [9.17, 15) is 10.1 Å². The molecule has 0 bridgehead atoms. The van der Waals surface area contributed by atoms with Gasteiger partial charge < -0.3 is 4.52 Å². The Balaban J connectivity index is 1.62. The Morgan fingerprint density at radius 3 is 2.76 bits per heavy atom. The molecular formula is C24H18ClN7O2. The first-order chi connectivity index (χ1) is 16.7. The van der Waals surface area contributed by atoms with Crippen LogP contribution >= 0.6 is 11.6 Å². The molecule has 4 aromatic heterocycles. The van der Waals surface area contributed by atoms with Gasteiger partial charge in [0.1, 0.15) is 17.9 Å². The fourth-order valence-corrected chi connectivity index (χ4v) is 4.93. The van der Waals surface area contributed by atoms with Gasteiger partial charge in [-0.15, -0.1) is 0 Å². The number of halogens is 1. The van der Waals surface area contributed by atoms with Crippen molar-refractivity contribution in [1.82, 2.24) is 29.1 Å². The third-order valence-electron chi connectivity index (χ3n) is 6.37. The number of rotatable bonds is 4. The lowest BCUT2D eigenvalue weighted by Crippen LogP contribution is -2.24. The van der Waals surface area contributed by atoms with Crippen LogP contribution in [0.1, 0.15) is 48.7 Å². The average Bonchev–Trinajstić information content (AvgIpc) is 3.62. The van der Waals surface area contributed by atoms with E-state index in [1.165, 1.54) is 10.9 Å². The number of fused-ring (bicyclic) bond motifs is 3. The van der Waals surface area contributed by atoms with E-state index in [1.807, 2.05) is 12.1 Å². The molecule has 0 atom stereocenters. The predicted octanol–water partition coefficient (Wildman–Crippen LogP) is 4.33. The normalized spacial score (nSPS) is 14.2. The van der Waals surface area contributed by atoms with Crippen molar-refractivity contribution in [3.05, 3.63) is 75.3 Å². The molecular weight excluding hydrogens is 454 g/mol. The van der Waals surface area contributed by atoms with Gasteiger partial charge in [-0.05, 0) is 37.1 Å². The molecule has 1 aliphatic rings. The first-order valence-electron chi connectivity index (χ1n) is 11.0. The van der Waals surface area contributed by atoms with Crippen LogP contribution in [-0.2, 0) is 6.54 Å². The van der Waals surface area contributed by atoms with E-state index in [0.29, 0.717) is 28.2 Å². The third-order valence-corrected chi connectivity index (χ3v) is 6.69. The summed E-state index contributed by atoms with van der Waals surface area (Å²) in [6.45, 7) is 0.156. The molecule has 0 aliphatic heterocycles. The van der Waals surface area contributed by atoms with Gasteiger partial charge in [-0.1, -0.05) is 35.7 Å². The number of nitriles is 1. The first kappa shape index (κ1) is 20.6. The summed E-state index contributed by atoms with van der Waals surface area (Å²) in [6.07, 6.45) is 7.55. The number of aromatic nitrogens is 6. The maximum absolute atomic E-state index is 13.9. The average molecular weight is 472 g/mol. The second kappa shape index (κ2) is 8.08. The van der Waals surface area contributed by atoms with Crippen molar-refractivity contribution < 1.29 is 4.52 Å². The minimum Gasteiger partial charge on any atom is -0.332 e. The first-order valence-corrected chi connectivity index (χ1v) is 11.4. The molecule has 1 saturated carbocycles. The molecule has 6 rings (SSSR count). The lowest BCUT2D eigenvalue weighted by molar-refractivity contribution is 0.415. The summed E-state index contributed by atoms with van der Waals surface area (Å²) in [4.78, 5) is 27.3. The Kier molecular flexibility index (Phi) is 4.89. The van der Waals surface area contributed by atoms with Gasteiger partial charge >= 0.3 is 0 Å². The molecule has 4 heterocycles. The summed E-state index contributed by atoms with van der Waals surface area (Å²) in [5, 5.41) is 14.3. The van der Waals surface area contributed by atoms with E-state index in [4.69, 9.17) is 16.1 Å². The molecule has 0 amide bonds. The monoisotopic (exact) mass is 471 g/mol. The summed E-state index contributed by atoms with van der Waals surface area (Å²) in [6, 6.07) is 11.0. The highest BCUT2D eigenvalue weighted by molar-refractivity contribution is 6.32. The Hall–Kier alpha value is -4.03. The lowest BCUT2D eigenvalue weighted by atomic mass is 10.1. The molecule has 9 nitrogen and oxygen atoms in total. The van der Waals surface area contributed by atoms with Crippen LogP contribution in [0.15, 0.2) is 52.2 Å². The summed E-state index contributed by atoms with van der Waals surface area (Å²) in [5.74, 6) is 1.13. The molecule has 168 valence electrons. The number of pyridine rings is 1. The van der Waals surface area contributed by atoms with Crippen molar-refractivity contribution in [3.8, 4) is 17.7 Å². The van der Waals surface area contributed by atoms with Gasteiger partial charge in [-0.2, -0.15) is 10.2 Å². The van der Waals surface area contributed by atoms with Crippen molar-refractivity contribution in [2.45, 2.75) is 38.1 Å². The van der Waals surface area contributed by atoms with Crippen LogP contribution in [-0.4, -0.2) is 29.1 Å². The van der Waals surface area contributed by atoms with Gasteiger partial charge in [0.15, 0.2) is 11.5 Å². The number of imidazole rings is 1. The van der Waals surface area contributed by atoms with Gasteiger partial charge in [-0.3, -0.25) is 18.7 Å². The molecule has 0 unspecified atom stereocenters. The van der Waals surface area contributed by atoms with Crippen molar-refractivity contribution in [2.24, 2.45) is 0 Å². The maximum Gasteiger partial charge on any atom is 0.278 e. The zero-order chi connectivity index (χ0) is 23.2. The smallest absolute Gasteiger partial charge is 0.278 e. The fraction of sp³-hybridized carbons (Fsp3) is 0.250. The van der Waals surface area contributed by atoms with Gasteiger partial charge in [-0.25, -0.2) is 4.98 Å². The number of benzene rings is 1. The van der Waals surface area contributed by atoms with Crippen LogP contribution in [0.25, 0.3) is 28.1 Å².